The third-order valence-corrected chi connectivity index (χ3v) is 6.03. The zero-order valence-electron chi connectivity index (χ0n) is 14.3. The van der Waals surface area contributed by atoms with Crippen LogP contribution in [-0.2, 0) is 4.74 Å². The van der Waals surface area contributed by atoms with Gasteiger partial charge in [0.25, 0.3) is 0 Å². The van der Waals surface area contributed by atoms with Gasteiger partial charge in [0.05, 0.1) is 12.2 Å². The maximum atomic E-state index is 6.40. The molecule has 4 rings (SSSR count). The summed E-state index contributed by atoms with van der Waals surface area (Å²) in [5, 5.41) is 0. The Balaban J connectivity index is 1.33. The van der Waals surface area contributed by atoms with Gasteiger partial charge in [-0.1, -0.05) is 30.3 Å². The highest BCUT2D eigenvalue weighted by molar-refractivity contribution is 5.22. The van der Waals surface area contributed by atoms with Crippen LogP contribution < -0.4 is 0 Å². The first kappa shape index (κ1) is 15.6. The fourth-order valence-corrected chi connectivity index (χ4v) is 4.74. The monoisotopic (exact) mass is 314 g/mol. The van der Waals surface area contributed by atoms with E-state index in [0.29, 0.717) is 5.92 Å². The molecule has 3 aliphatic heterocycles. The van der Waals surface area contributed by atoms with Crippen LogP contribution in [0, 0.1) is 0 Å². The van der Waals surface area contributed by atoms with Crippen molar-refractivity contribution in [2.45, 2.75) is 43.6 Å². The number of piperidine rings is 1. The molecule has 3 saturated heterocycles. The molecule has 0 aliphatic carbocycles. The summed E-state index contributed by atoms with van der Waals surface area (Å²) in [5.41, 5.74) is 1.59. The Morgan fingerprint density at radius 2 is 1.70 bits per heavy atom. The van der Waals surface area contributed by atoms with Crippen LogP contribution in [0.5, 0.6) is 0 Å². The fraction of sp³-hybridized carbons (Fsp3) is 0.700. The van der Waals surface area contributed by atoms with E-state index in [9.17, 15) is 0 Å². The van der Waals surface area contributed by atoms with Crippen molar-refractivity contribution < 1.29 is 4.74 Å². The van der Waals surface area contributed by atoms with Gasteiger partial charge in [-0.05, 0) is 57.3 Å². The lowest BCUT2D eigenvalue weighted by Gasteiger charge is -2.40. The first-order valence-corrected chi connectivity index (χ1v) is 9.47. The highest BCUT2D eigenvalue weighted by atomic mass is 16.5. The van der Waals surface area contributed by atoms with Gasteiger partial charge in [-0.15, -0.1) is 0 Å². The minimum absolute atomic E-state index is 0.129. The third kappa shape index (κ3) is 3.62. The Morgan fingerprint density at radius 1 is 0.957 bits per heavy atom. The molecule has 1 aromatic rings. The van der Waals surface area contributed by atoms with Crippen LogP contribution in [0.3, 0.4) is 0 Å². The summed E-state index contributed by atoms with van der Waals surface area (Å²) in [4.78, 5) is 5.29. The summed E-state index contributed by atoms with van der Waals surface area (Å²) in [6, 6.07) is 10.9. The van der Waals surface area contributed by atoms with E-state index in [0.717, 1.165) is 13.2 Å². The Hall–Kier alpha value is -0.900. The maximum absolute atomic E-state index is 6.40. The molecule has 2 unspecified atom stereocenters. The minimum atomic E-state index is 0.129. The van der Waals surface area contributed by atoms with E-state index in [1.54, 1.807) is 0 Å². The molecular weight excluding hydrogens is 284 g/mol. The predicted octanol–water partition coefficient (Wildman–Crippen LogP) is 3.12. The Morgan fingerprint density at radius 3 is 2.52 bits per heavy atom. The number of likely N-dealkylation sites (tertiary alicyclic amines) is 2. The molecular formula is C20H30N2O. The molecule has 2 atom stereocenters. The van der Waals surface area contributed by atoms with Crippen LogP contribution in [0.25, 0.3) is 0 Å². The van der Waals surface area contributed by atoms with Gasteiger partial charge >= 0.3 is 0 Å². The molecule has 0 saturated carbocycles. The van der Waals surface area contributed by atoms with Gasteiger partial charge in [0, 0.05) is 25.6 Å². The van der Waals surface area contributed by atoms with Crippen molar-refractivity contribution >= 4 is 0 Å². The van der Waals surface area contributed by atoms with Crippen molar-refractivity contribution in [3.63, 3.8) is 0 Å². The molecule has 3 heterocycles. The molecule has 0 N–H and O–H groups in total. The number of hydrogen-bond donors (Lipinski definition) is 0. The second kappa shape index (κ2) is 6.92. The van der Waals surface area contributed by atoms with E-state index in [2.05, 4.69) is 40.1 Å². The average molecular weight is 314 g/mol. The molecule has 0 aromatic heterocycles. The second-order valence-electron chi connectivity index (χ2n) is 7.73. The van der Waals surface area contributed by atoms with E-state index in [1.165, 1.54) is 70.4 Å². The van der Waals surface area contributed by atoms with Crippen LogP contribution in [0.15, 0.2) is 30.3 Å². The quantitative estimate of drug-likeness (QED) is 0.849. The molecule has 0 bridgehead atoms. The Kier molecular flexibility index (Phi) is 4.70. The lowest BCUT2D eigenvalue weighted by atomic mass is 9.84. The smallest absolute Gasteiger partial charge is 0.0816 e. The second-order valence-corrected chi connectivity index (χ2v) is 7.73. The van der Waals surface area contributed by atoms with Crippen LogP contribution in [0.2, 0.25) is 0 Å². The summed E-state index contributed by atoms with van der Waals surface area (Å²) < 4.78 is 6.40. The molecule has 0 amide bonds. The van der Waals surface area contributed by atoms with E-state index < -0.39 is 0 Å². The first-order chi connectivity index (χ1) is 11.3. The normalized spacial score (nSPS) is 32.8. The van der Waals surface area contributed by atoms with Crippen molar-refractivity contribution in [3.8, 4) is 0 Å². The Bertz CT molecular complexity index is 500. The summed E-state index contributed by atoms with van der Waals surface area (Å²) >= 11 is 0. The zero-order valence-corrected chi connectivity index (χ0v) is 14.3. The molecule has 3 aliphatic rings. The van der Waals surface area contributed by atoms with Crippen LogP contribution in [0.1, 0.15) is 43.6 Å². The molecule has 1 aromatic carbocycles. The van der Waals surface area contributed by atoms with E-state index >= 15 is 0 Å². The van der Waals surface area contributed by atoms with E-state index in [4.69, 9.17) is 4.74 Å². The van der Waals surface area contributed by atoms with E-state index in [1.807, 2.05) is 0 Å². The van der Waals surface area contributed by atoms with Crippen molar-refractivity contribution in [3.05, 3.63) is 35.9 Å². The first-order valence-electron chi connectivity index (χ1n) is 9.47. The number of ether oxygens (including phenoxy) is 1. The van der Waals surface area contributed by atoms with Gasteiger partial charge in [0.2, 0.25) is 0 Å². The lowest BCUT2D eigenvalue weighted by Crippen LogP contribution is -2.49. The summed E-state index contributed by atoms with van der Waals surface area (Å²) in [6.45, 7) is 8.40. The predicted molar refractivity (Wildman–Crippen MR) is 93.8 cm³/mol. The summed E-state index contributed by atoms with van der Waals surface area (Å²) in [5.74, 6) is 0.592. The summed E-state index contributed by atoms with van der Waals surface area (Å²) in [6.07, 6.45) is 6.53. The van der Waals surface area contributed by atoms with E-state index in [-0.39, 0.29) is 5.60 Å². The minimum Gasteiger partial charge on any atom is -0.373 e. The van der Waals surface area contributed by atoms with Gasteiger partial charge in [0.15, 0.2) is 0 Å². The highest BCUT2D eigenvalue weighted by Gasteiger charge is 2.43. The van der Waals surface area contributed by atoms with Crippen molar-refractivity contribution in [1.29, 1.82) is 0 Å². The van der Waals surface area contributed by atoms with Gasteiger partial charge in [-0.25, -0.2) is 0 Å². The standard InChI is InChI=1S/C20H30N2O/c1-2-7-18(8-3-1)19-15-20(23-16-19)9-6-12-22(17-20)14-13-21-10-4-5-11-21/h1-3,7-8,19H,4-6,9-17H2. The lowest BCUT2D eigenvalue weighted by molar-refractivity contribution is -0.0523. The number of rotatable bonds is 4. The fourth-order valence-electron chi connectivity index (χ4n) is 4.74. The molecule has 3 heteroatoms. The molecule has 3 fully saturated rings. The Labute approximate surface area is 140 Å². The van der Waals surface area contributed by atoms with Crippen molar-refractivity contribution in [2.75, 3.05) is 45.9 Å². The topological polar surface area (TPSA) is 15.7 Å². The largest absolute Gasteiger partial charge is 0.373 e. The van der Waals surface area contributed by atoms with Gasteiger partial charge < -0.3 is 9.64 Å². The maximum Gasteiger partial charge on any atom is 0.0816 e. The average Bonchev–Trinajstić information content (AvgIpc) is 3.24. The summed E-state index contributed by atoms with van der Waals surface area (Å²) in [7, 11) is 0. The van der Waals surface area contributed by atoms with Crippen LogP contribution in [-0.4, -0.2) is 61.3 Å². The molecule has 1 spiro atoms. The number of benzene rings is 1. The van der Waals surface area contributed by atoms with Crippen LogP contribution in [0.4, 0.5) is 0 Å². The molecule has 0 radical (unpaired) electrons. The number of nitrogens with zero attached hydrogens (tertiary/aromatic N) is 2. The molecule has 126 valence electrons. The SMILES string of the molecule is c1ccc(C2COC3(CCCN(CCN4CCCC4)C3)C2)cc1. The van der Waals surface area contributed by atoms with Gasteiger partial charge in [0.1, 0.15) is 0 Å². The van der Waals surface area contributed by atoms with Crippen molar-refractivity contribution in [2.24, 2.45) is 0 Å². The zero-order chi connectivity index (χ0) is 15.5. The van der Waals surface area contributed by atoms with Crippen LogP contribution >= 0.6 is 0 Å². The number of hydrogen-bond acceptors (Lipinski definition) is 3. The van der Waals surface area contributed by atoms with Gasteiger partial charge in [-0.3, -0.25) is 4.90 Å². The molecule has 23 heavy (non-hydrogen) atoms. The third-order valence-electron chi connectivity index (χ3n) is 6.03. The molecule has 3 nitrogen and oxygen atoms in total. The van der Waals surface area contributed by atoms with Crippen molar-refractivity contribution in [1.82, 2.24) is 9.80 Å². The van der Waals surface area contributed by atoms with Gasteiger partial charge in [-0.2, -0.15) is 0 Å². The highest BCUT2D eigenvalue weighted by Crippen LogP contribution is 2.41.